The van der Waals surface area contributed by atoms with Gasteiger partial charge in [0.2, 0.25) is 0 Å². The van der Waals surface area contributed by atoms with Crippen molar-refractivity contribution < 1.29 is 19.2 Å². The van der Waals surface area contributed by atoms with E-state index in [1.54, 1.807) is 26.4 Å². The molecule has 3 rings (SSSR count). The molecule has 2 aromatic carbocycles. The number of amides is 1. The number of nitrogens with one attached hydrogen (secondary N) is 1. The van der Waals surface area contributed by atoms with E-state index in [4.69, 9.17) is 21.1 Å². The zero-order valence-electron chi connectivity index (χ0n) is 15.1. The SMILES string of the molecule is COc1ccc(C[NH+]2CCN(C(=O)c3cccc(Cl)c3)CC2)cc1OC. The van der Waals surface area contributed by atoms with E-state index in [1.165, 1.54) is 10.5 Å². The van der Waals surface area contributed by atoms with Crippen LogP contribution in [0.2, 0.25) is 5.02 Å². The van der Waals surface area contributed by atoms with Crippen LogP contribution in [0.1, 0.15) is 15.9 Å². The second kappa shape index (κ2) is 8.43. The number of carbonyl (C=O) groups is 1. The summed E-state index contributed by atoms with van der Waals surface area (Å²) in [5.74, 6) is 1.54. The Morgan fingerprint density at radius 3 is 2.46 bits per heavy atom. The fourth-order valence-corrected chi connectivity index (χ4v) is 3.48. The molecule has 6 heteroatoms. The van der Waals surface area contributed by atoms with Crippen molar-refractivity contribution in [3.05, 3.63) is 58.6 Å². The minimum Gasteiger partial charge on any atom is -0.493 e. The lowest BCUT2D eigenvalue weighted by Crippen LogP contribution is -3.13. The number of methoxy groups -OCH3 is 2. The summed E-state index contributed by atoms with van der Waals surface area (Å²) < 4.78 is 10.7. The molecule has 1 aliphatic rings. The Kier molecular flexibility index (Phi) is 6.01. The Hall–Kier alpha value is -2.24. The van der Waals surface area contributed by atoms with Gasteiger partial charge in [-0.25, -0.2) is 0 Å². The van der Waals surface area contributed by atoms with E-state index in [0.717, 1.165) is 44.2 Å². The predicted molar refractivity (Wildman–Crippen MR) is 101 cm³/mol. The zero-order valence-corrected chi connectivity index (χ0v) is 15.9. The van der Waals surface area contributed by atoms with Gasteiger partial charge in [-0.3, -0.25) is 4.79 Å². The van der Waals surface area contributed by atoms with Crippen molar-refractivity contribution in [2.24, 2.45) is 0 Å². The molecular formula is C20H24ClN2O3+. The number of quaternary nitrogens is 1. The van der Waals surface area contributed by atoms with Crippen molar-refractivity contribution in [2.75, 3.05) is 40.4 Å². The van der Waals surface area contributed by atoms with Crippen LogP contribution in [0.3, 0.4) is 0 Å². The van der Waals surface area contributed by atoms with Gasteiger partial charge in [0.1, 0.15) is 6.54 Å². The van der Waals surface area contributed by atoms with Gasteiger partial charge in [-0.1, -0.05) is 17.7 Å². The summed E-state index contributed by atoms with van der Waals surface area (Å²) in [6.07, 6.45) is 0. The quantitative estimate of drug-likeness (QED) is 0.868. The first-order valence-corrected chi connectivity index (χ1v) is 9.08. The van der Waals surface area contributed by atoms with E-state index < -0.39 is 0 Å². The van der Waals surface area contributed by atoms with Crippen molar-refractivity contribution in [3.63, 3.8) is 0 Å². The summed E-state index contributed by atoms with van der Waals surface area (Å²) in [5.41, 5.74) is 1.85. The summed E-state index contributed by atoms with van der Waals surface area (Å²) in [6, 6.07) is 13.2. The third-order valence-corrected chi connectivity index (χ3v) is 4.97. The van der Waals surface area contributed by atoms with Gasteiger partial charge in [-0.15, -0.1) is 0 Å². The Balaban J connectivity index is 1.58. The molecule has 0 unspecified atom stereocenters. The highest BCUT2D eigenvalue weighted by Crippen LogP contribution is 2.27. The van der Waals surface area contributed by atoms with Crippen molar-refractivity contribution in [2.45, 2.75) is 6.54 Å². The van der Waals surface area contributed by atoms with Gasteiger partial charge in [0.15, 0.2) is 11.5 Å². The second-order valence-electron chi connectivity index (χ2n) is 6.42. The third-order valence-electron chi connectivity index (χ3n) is 4.73. The van der Waals surface area contributed by atoms with Gasteiger partial charge < -0.3 is 19.3 Å². The smallest absolute Gasteiger partial charge is 0.254 e. The van der Waals surface area contributed by atoms with E-state index in [-0.39, 0.29) is 5.91 Å². The largest absolute Gasteiger partial charge is 0.493 e. The third kappa shape index (κ3) is 4.29. The Morgan fingerprint density at radius 2 is 1.81 bits per heavy atom. The lowest BCUT2D eigenvalue weighted by Gasteiger charge is -2.32. The van der Waals surface area contributed by atoms with Gasteiger partial charge in [-0.05, 0) is 36.4 Å². The fraction of sp³-hybridized carbons (Fsp3) is 0.350. The van der Waals surface area contributed by atoms with E-state index in [9.17, 15) is 4.79 Å². The molecule has 1 fully saturated rings. The summed E-state index contributed by atoms with van der Waals surface area (Å²) in [5, 5.41) is 0.591. The second-order valence-corrected chi connectivity index (χ2v) is 6.86. The standard InChI is InChI=1S/C20H23ClN2O3/c1-25-18-7-6-15(12-19(18)26-2)14-22-8-10-23(11-9-22)20(24)16-4-3-5-17(21)13-16/h3-7,12-13H,8-11,14H2,1-2H3/p+1. The van der Waals surface area contributed by atoms with Crippen LogP contribution >= 0.6 is 11.6 Å². The zero-order chi connectivity index (χ0) is 18.5. The van der Waals surface area contributed by atoms with E-state index in [0.29, 0.717) is 10.6 Å². The van der Waals surface area contributed by atoms with Crippen LogP contribution < -0.4 is 14.4 Å². The van der Waals surface area contributed by atoms with Gasteiger partial charge in [0.05, 0.1) is 40.4 Å². The minimum absolute atomic E-state index is 0.0534. The molecule has 138 valence electrons. The molecule has 1 N–H and O–H groups in total. The molecule has 1 aliphatic heterocycles. The Bertz CT molecular complexity index is 773. The van der Waals surface area contributed by atoms with Gasteiger partial charge in [0.25, 0.3) is 5.91 Å². The number of benzene rings is 2. The highest BCUT2D eigenvalue weighted by Gasteiger charge is 2.25. The van der Waals surface area contributed by atoms with E-state index in [2.05, 4.69) is 6.07 Å². The molecule has 26 heavy (non-hydrogen) atoms. The molecule has 0 saturated carbocycles. The van der Waals surface area contributed by atoms with Gasteiger partial charge in [0, 0.05) is 16.1 Å². The lowest BCUT2D eigenvalue weighted by atomic mass is 10.1. The molecule has 0 spiro atoms. The topological polar surface area (TPSA) is 43.2 Å². The van der Waals surface area contributed by atoms with Crippen LogP contribution in [0.5, 0.6) is 11.5 Å². The van der Waals surface area contributed by atoms with E-state index >= 15 is 0 Å². The fourth-order valence-electron chi connectivity index (χ4n) is 3.29. The molecule has 0 aromatic heterocycles. The maximum atomic E-state index is 12.6. The van der Waals surface area contributed by atoms with Crippen LogP contribution in [0.4, 0.5) is 0 Å². The molecule has 0 atom stereocenters. The highest BCUT2D eigenvalue weighted by atomic mass is 35.5. The Labute approximate surface area is 159 Å². The number of halogens is 1. The van der Waals surface area contributed by atoms with Gasteiger partial charge in [-0.2, -0.15) is 0 Å². The van der Waals surface area contributed by atoms with Crippen LogP contribution in [-0.4, -0.2) is 51.2 Å². The maximum absolute atomic E-state index is 12.6. The highest BCUT2D eigenvalue weighted by molar-refractivity contribution is 6.30. The first-order valence-electron chi connectivity index (χ1n) is 8.70. The van der Waals surface area contributed by atoms with Gasteiger partial charge >= 0.3 is 0 Å². The number of carbonyl (C=O) groups excluding carboxylic acids is 1. The van der Waals surface area contributed by atoms with Crippen LogP contribution in [0.15, 0.2) is 42.5 Å². The molecular weight excluding hydrogens is 352 g/mol. The van der Waals surface area contributed by atoms with Crippen molar-refractivity contribution in [1.29, 1.82) is 0 Å². The molecule has 1 amide bonds. The first-order chi connectivity index (χ1) is 12.6. The normalized spacial score (nSPS) is 15.0. The number of nitrogens with zero attached hydrogens (tertiary/aromatic N) is 1. The molecule has 5 nitrogen and oxygen atoms in total. The molecule has 2 aromatic rings. The summed E-state index contributed by atoms with van der Waals surface area (Å²) in [7, 11) is 3.29. The summed E-state index contributed by atoms with van der Waals surface area (Å²) in [6.45, 7) is 4.22. The first kappa shape index (κ1) is 18.5. The van der Waals surface area contributed by atoms with Crippen LogP contribution in [0.25, 0.3) is 0 Å². The molecule has 1 heterocycles. The summed E-state index contributed by atoms with van der Waals surface area (Å²) in [4.78, 5) is 16.0. The minimum atomic E-state index is 0.0534. The monoisotopic (exact) mass is 375 g/mol. The molecule has 0 bridgehead atoms. The van der Waals surface area contributed by atoms with E-state index in [1.807, 2.05) is 29.2 Å². The molecule has 1 saturated heterocycles. The number of piperazine rings is 1. The molecule has 0 radical (unpaired) electrons. The molecule has 0 aliphatic carbocycles. The predicted octanol–water partition coefficient (Wildman–Crippen LogP) is 1.90. The number of hydrogen-bond acceptors (Lipinski definition) is 3. The average Bonchev–Trinajstić information content (AvgIpc) is 2.68. The number of rotatable bonds is 5. The number of hydrogen-bond donors (Lipinski definition) is 1. The van der Waals surface area contributed by atoms with Crippen molar-refractivity contribution in [1.82, 2.24) is 4.90 Å². The average molecular weight is 376 g/mol. The van der Waals surface area contributed by atoms with Crippen LogP contribution in [-0.2, 0) is 6.54 Å². The van der Waals surface area contributed by atoms with Crippen LogP contribution in [0, 0.1) is 0 Å². The Morgan fingerprint density at radius 1 is 1.08 bits per heavy atom. The van der Waals surface area contributed by atoms with Crippen molar-refractivity contribution >= 4 is 17.5 Å². The lowest BCUT2D eigenvalue weighted by molar-refractivity contribution is -0.917. The maximum Gasteiger partial charge on any atom is 0.254 e. The summed E-state index contributed by atoms with van der Waals surface area (Å²) >= 11 is 5.99. The number of ether oxygens (including phenoxy) is 2. The van der Waals surface area contributed by atoms with Crippen molar-refractivity contribution in [3.8, 4) is 11.5 Å².